The van der Waals surface area contributed by atoms with Gasteiger partial charge in [-0.05, 0) is 0 Å². The molecule has 60 valence electrons. The summed E-state index contributed by atoms with van der Waals surface area (Å²) in [6.07, 6.45) is -0.754. The van der Waals surface area contributed by atoms with Gasteiger partial charge in [-0.1, -0.05) is 0 Å². The van der Waals surface area contributed by atoms with Gasteiger partial charge in [0.15, 0.2) is 6.79 Å². The van der Waals surface area contributed by atoms with Crippen molar-refractivity contribution in [3.63, 3.8) is 0 Å². The van der Waals surface area contributed by atoms with E-state index >= 15 is 0 Å². The summed E-state index contributed by atoms with van der Waals surface area (Å²) in [5.74, 6) is 0. The van der Waals surface area contributed by atoms with Crippen LogP contribution in [0.25, 0.3) is 0 Å². The minimum atomic E-state index is -2.03. The molecule has 3 nitrogen and oxygen atoms in total. The molecule has 1 N–H and O–H groups in total. The van der Waals surface area contributed by atoms with E-state index in [-0.39, 0.29) is 38.9 Å². The van der Waals surface area contributed by atoms with Crippen molar-refractivity contribution in [3.05, 3.63) is 12.3 Å². The number of aliphatic hydroxyl groups excluding tert-OH is 1. The third-order valence-corrected chi connectivity index (χ3v) is 0.527. The van der Waals surface area contributed by atoms with Crippen molar-refractivity contribution in [3.8, 4) is 0 Å². The summed E-state index contributed by atoms with van der Waals surface area (Å²) in [6, 6.07) is 0. The second-order valence-electron chi connectivity index (χ2n) is 1.26. The summed E-state index contributed by atoms with van der Waals surface area (Å²) >= 11 is 0. The molecular weight excluding hydrogens is 153 g/mol. The Kier molecular flexibility index (Phi) is 12.2. The van der Waals surface area contributed by atoms with Gasteiger partial charge < -0.3 is 14.6 Å². The van der Waals surface area contributed by atoms with Crippen molar-refractivity contribution >= 4 is 0 Å². The van der Waals surface area contributed by atoms with Crippen LogP contribution in [0.3, 0.4) is 0 Å². The molecule has 6 heteroatoms. The maximum Gasteiger partial charge on any atom is 1.00 e. The molecule has 0 fully saturated rings. The number of hydrogen-bond donors (Lipinski definition) is 1. The molecule has 0 aromatic heterocycles. The first-order valence-corrected chi connectivity index (χ1v) is 2.51. The van der Waals surface area contributed by atoms with E-state index in [0.717, 1.165) is 0 Å². The Labute approximate surface area is 75.2 Å². The van der Waals surface area contributed by atoms with Crippen LogP contribution >= 0.6 is 0 Å². The van der Waals surface area contributed by atoms with Crippen molar-refractivity contribution in [2.24, 2.45) is 0 Å². The number of ether oxygens (including phenoxy) is 2. The third-order valence-electron chi connectivity index (χ3n) is 0.527. The van der Waals surface area contributed by atoms with E-state index in [1.165, 1.54) is 6.26 Å². The van der Waals surface area contributed by atoms with Gasteiger partial charge in [0.25, 0.3) is 0 Å². The zero-order valence-corrected chi connectivity index (χ0v) is 6.14. The molecule has 0 bridgehead atoms. The van der Waals surface area contributed by atoms with E-state index < -0.39 is 6.08 Å². The van der Waals surface area contributed by atoms with E-state index in [2.05, 4.69) is 9.47 Å². The summed E-state index contributed by atoms with van der Waals surface area (Å²) < 4.78 is 30.7. The Hall–Kier alpha value is -0.0826. The SMILES string of the molecule is OCCOCO[C-]=C(F)F.[Li+]. The van der Waals surface area contributed by atoms with Gasteiger partial charge >= 0.3 is 18.9 Å². The Morgan fingerprint density at radius 1 is 1.45 bits per heavy atom. The molecule has 0 aromatic rings. The van der Waals surface area contributed by atoms with E-state index in [1.54, 1.807) is 0 Å². The zero-order valence-electron chi connectivity index (χ0n) is 6.14. The minimum absolute atomic E-state index is 0. The minimum Gasteiger partial charge on any atom is -0.670 e. The normalized spacial score (nSPS) is 8.27. The van der Waals surface area contributed by atoms with Crippen molar-refractivity contribution in [1.82, 2.24) is 0 Å². The predicted molar refractivity (Wildman–Crippen MR) is 28.0 cm³/mol. The van der Waals surface area contributed by atoms with Gasteiger partial charge in [0.05, 0.1) is 13.2 Å². The second kappa shape index (κ2) is 9.92. The molecule has 0 unspecified atom stereocenters. The van der Waals surface area contributed by atoms with E-state index in [4.69, 9.17) is 5.11 Å². The fourth-order valence-corrected chi connectivity index (χ4v) is 0.249. The van der Waals surface area contributed by atoms with Crippen LogP contribution in [0.1, 0.15) is 0 Å². The molecule has 0 aliphatic rings. The van der Waals surface area contributed by atoms with Gasteiger partial charge in [-0.15, -0.1) is 0 Å². The van der Waals surface area contributed by atoms with Crippen molar-refractivity contribution in [1.29, 1.82) is 0 Å². The van der Waals surface area contributed by atoms with Crippen LogP contribution in [-0.2, 0) is 9.47 Å². The first kappa shape index (κ1) is 13.5. The fraction of sp³-hybridized carbons (Fsp3) is 0.600. The van der Waals surface area contributed by atoms with Gasteiger partial charge in [0.2, 0.25) is 0 Å². The molecule has 0 saturated heterocycles. The summed E-state index contributed by atoms with van der Waals surface area (Å²) in [5, 5.41) is 8.12. The first-order chi connectivity index (χ1) is 4.77. The van der Waals surface area contributed by atoms with Crippen LogP contribution in [0, 0.1) is 6.26 Å². The number of rotatable bonds is 5. The molecule has 0 aromatic carbocycles. The summed E-state index contributed by atoms with van der Waals surface area (Å²) in [6.45, 7) is -0.418. The van der Waals surface area contributed by atoms with Crippen molar-refractivity contribution in [2.45, 2.75) is 0 Å². The Morgan fingerprint density at radius 2 is 2.09 bits per heavy atom. The van der Waals surface area contributed by atoms with Crippen LogP contribution in [0.2, 0.25) is 0 Å². The number of aliphatic hydroxyl groups is 1. The van der Waals surface area contributed by atoms with Gasteiger partial charge in [-0.3, -0.25) is 0 Å². The molecular formula is C5H7F2LiO3. The molecule has 0 aliphatic heterocycles. The number of halogens is 2. The smallest absolute Gasteiger partial charge is 0.670 e. The maximum atomic E-state index is 11.1. The van der Waals surface area contributed by atoms with E-state index in [9.17, 15) is 8.78 Å². The monoisotopic (exact) mass is 160 g/mol. The van der Waals surface area contributed by atoms with Crippen molar-refractivity contribution < 1.29 is 42.2 Å². The summed E-state index contributed by atoms with van der Waals surface area (Å²) in [5.41, 5.74) is 0. The standard InChI is InChI=1S/C5H7F2O3.Li/c6-5(7)3-10-4-9-2-1-8;/h8H,1-2,4H2;/q-1;+1. The summed E-state index contributed by atoms with van der Waals surface area (Å²) in [7, 11) is 0. The summed E-state index contributed by atoms with van der Waals surface area (Å²) in [4.78, 5) is 0. The van der Waals surface area contributed by atoms with Crippen LogP contribution < -0.4 is 18.9 Å². The molecule has 0 spiro atoms. The van der Waals surface area contributed by atoms with Crippen LogP contribution in [-0.4, -0.2) is 25.1 Å². The molecule has 0 heterocycles. The third kappa shape index (κ3) is 13.0. The first-order valence-electron chi connectivity index (χ1n) is 2.51. The molecule has 0 rings (SSSR count). The van der Waals surface area contributed by atoms with Gasteiger partial charge in [-0.2, -0.15) is 0 Å². The molecule has 0 amide bonds. The van der Waals surface area contributed by atoms with Gasteiger partial charge in [0, 0.05) is 0 Å². The Bertz CT molecular complexity index is 106. The fourth-order valence-electron chi connectivity index (χ4n) is 0.249. The van der Waals surface area contributed by atoms with Gasteiger partial charge in [0.1, 0.15) is 6.08 Å². The average Bonchev–Trinajstić information content (AvgIpc) is 1.87. The molecule has 0 radical (unpaired) electrons. The average molecular weight is 160 g/mol. The zero-order chi connectivity index (χ0) is 7.82. The molecule has 0 aliphatic carbocycles. The van der Waals surface area contributed by atoms with Crippen LogP contribution in [0.4, 0.5) is 8.78 Å². The molecule has 0 atom stereocenters. The quantitative estimate of drug-likeness (QED) is 0.159. The number of hydrogen-bond acceptors (Lipinski definition) is 3. The van der Waals surface area contributed by atoms with Gasteiger partial charge in [-0.25, -0.2) is 15.0 Å². The Morgan fingerprint density at radius 3 is 2.55 bits per heavy atom. The Balaban J connectivity index is 0. The largest absolute Gasteiger partial charge is 1.00 e. The van der Waals surface area contributed by atoms with E-state index in [0.29, 0.717) is 0 Å². The van der Waals surface area contributed by atoms with Crippen LogP contribution in [0.5, 0.6) is 0 Å². The predicted octanol–water partition coefficient (Wildman–Crippen LogP) is -2.49. The van der Waals surface area contributed by atoms with Crippen LogP contribution in [0.15, 0.2) is 6.08 Å². The topological polar surface area (TPSA) is 38.7 Å². The van der Waals surface area contributed by atoms with E-state index in [1.807, 2.05) is 0 Å². The molecule has 0 saturated carbocycles. The maximum absolute atomic E-state index is 11.1. The molecule has 11 heavy (non-hydrogen) atoms. The van der Waals surface area contributed by atoms with Crippen molar-refractivity contribution in [2.75, 3.05) is 20.0 Å². The second-order valence-corrected chi connectivity index (χ2v) is 1.26.